The standard InChI is InChI=1S/C13H8BrFN2S/c14-8-1-2-9(10(15)5-8)12-17-11(6-18-12)13(7-16)3-4-13/h1-2,5-6H,3-4H2. The lowest BCUT2D eigenvalue weighted by atomic mass is 10.1. The van der Waals surface area contributed by atoms with Crippen LogP contribution >= 0.6 is 27.3 Å². The molecule has 1 saturated carbocycles. The van der Waals surface area contributed by atoms with E-state index in [1.807, 2.05) is 5.38 Å². The first-order valence-corrected chi connectivity index (χ1v) is 7.15. The summed E-state index contributed by atoms with van der Waals surface area (Å²) in [6, 6.07) is 7.22. The van der Waals surface area contributed by atoms with Gasteiger partial charge in [0.2, 0.25) is 0 Å². The van der Waals surface area contributed by atoms with Crippen molar-refractivity contribution in [2.75, 3.05) is 0 Å². The SMILES string of the molecule is N#CC1(c2csc(-c3ccc(Br)cc3F)n2)CC1. The first kappa shape index (κ1) is 11.8. The Kier molecular flexibility index (Phi) is 2.72. The van der Waals surface area contributed by atoms with Crippen LogP contribution in [0, 0.1) is 17.1 Å². The molecular formula is C13H8BrFN2S. The van der Waals surface area contributed by atoms with Crippen LogP contribution in [0.4, 0.5) is 4.39 Å². The highest BCUT2D eigenvalue weighted by atomic mass is 79.9. The van der Waals surface area contributed by atoms with Crippen molar-refractivity contribution in [1.29, 1.82) is 5.26 Å². The lowest BCUT2D eigenvalue weighted by Gasteiger charge is -2.01. The van der Waals surface area contributed by atoms with E-state index in [2.05, 4.69) is 27.0 Å². The van der Waals surface area contributed by atoms with Crippen LogP contribution in [-0.4, -0.2) is 4.98 Å². The Labute approximate surface area is 116 Å². The van der Waals surface area contributed by atoms with Crippen molar-refractivity contribution in [2.45, 2.75) is 18.3 Å². The Morgan fingerprint density at radius 2 is 2.22 bits per heavy atom. The van der Waals surface area contributed by atoms with Crippen LogP contribution in [0.15, 0.2) is 28.1 Å². The minimum atomic E-state index is -0.402. The van der Waals surface area contributed by atoms with Crippen LogP contribution in [0.3, 0.4) is 0 Å². The summed E-state index contributed by atoms with van der Waals surface area (Å²) in [5.41, 5.74) is 0.871. The molecule has 2 nitrogen and oxygen atoms in total. The average molecular weight is 323 g/mol. The van der Waals surface area contributed by atoms with Gasteiger partial charge < -0.3 is 0 Å². The molecule has 0 unspecified atom stereocenters. The van der Waals surface area contributed by atoms with E-state index in [1.165, 1.54) is 17.4 Å². The molecule has 5 heteroatoms. The van der Waals surface area contributed by atoms with Crippen molar-refractivity contribution < 1.29 is 4.39 Å². The van der Waals surface area contributed by atoms with Crippen LogP contribution < -0.4 is 0 Å². The van der Waals surface area contributed by atoms with Gasteiger partial charge in [-0.2, -0.15) is 5.26 Å². The second-order valence-electron chi connectivity index (χ2n) is 4.36. The minimum absolute atomic E-state index is 0.299. The van der Waals surface area contributed by atoms with E-state index < -0.39 is 5.41 Å². The van der Waals surface area contributed by atoms with Gasteiger partial charge in [0.15, 0.2) is 0 Å². The molecule has 90 valence electrons. The van der Waals surface area contributed by atoms with Crippen molar-refractivity contribution >= 4 is 27.3 Å². The average Bonchev–Trinajstić information content (AvgIpc) is 3.00. The smallest absolute Gasteiger partial charge is 0.134 e. The fourth-order valence-electron chi connectivity index (χ4n) is 1.83. The Hall–Kier alpha value is -1.25. The topological polar surface area (TPSA) is 36.7 Å². The highest BCUT2D eigenvalue weighted by Gasteiger charge is 2.47. The summed E-state index contributed by atoms with van der Waals surface area (Å²) in [7, 11) is 0. The van der Waals surface area contributed by atoms with Gasteiger partial charge in [0, 0.05) is 15.4 Å². The molecule has 0 aliphatic heterocycles. The number of aromatic nitrogens is 1. The molecule has 0 amide bonds. The second kappa shape index (κ2) is 4.15. The van der Waals surface area contributed by atoms with Crippen molar-refractivity contribution in [3.8, 4) is 16.6 Å². The van der Waals surface area contributed by atoms with Crippen molar-refractivity contribution in [3.63, 3.8) is 0 Å². The minimum Gasteiger partial charge on any atom is -0.239 e. The third-order valence-electron chi connectivity index (χ3n) is 3.12. The van der Waals surface area contributed by atoms with Gasteiger partial charge >= 0.3 is 0 Å². The van der Waals surface area contributed by atoms with E-state index in [1.54, 1.807) is 12.1 Å². The molecule has 1 aliphatic rings. The van der Waals surface area contributed by atoms with Crippen LogP contribution in [0.5, 0.6) is 0 Å². The number of thiazole rings is 1. The maximum Gasteiger partial charge on any atom is 0.134 e. The van der Waals surface area contributed by atoms with E-state index in [0.29, 0.717) is 15.0 Å². The van der Waals surface area contributed by atoms with E-state index in [4.69, 9.17) is 5.26 Å². The highest BCUT2D eigenvalue weighted by molar-refractivity contribution is 9.10. The number of nitriles is 1. The molecule has 0 radical (unpaired) electrons. The fraction of sp³-hybridized carbons (Fsp3) is 0.231. The molecule has 1 aromatic heterocycles. The molecule has 3 rings (SSSR count). The fourth-order valence-corrected chi connectivity index (χ4v) is 3.11. The zero-order chi connectivity index (χ0) is 12.8. The summed E-state index contributed by atoms with van der Waals surface area (Å²) in [5, 5.41) is 11.6. The Morgan fingerprint density at radius 1 is 1.44 bits per heavy atom. The predicted octanol–water partition coefficient (Wildman–Crippen LogP) is 4.27. The molecule has 0 spiro atoms. The maximum absolute atomic E-state index is 13.8. The van der Waals surface area contributed by atoms with Gasteiger partial charge in [-0.3, -0.25) is 0 Å². The molecule has 2 aromatic rings. The van der Waals surface area contributed by atoms with Gasteiger partial charge in [-0.1, -0.05) is 15.9 Å². The van der Waals surface area contributed by atoms with Crippen molar-refractivity contribution in [2.24, 2.45) is 0 Å². The lowest BCUT2D eigenvalue weighted by molar-refractivity contribution is 0.630. The zero-order valence-electron chi connectivity index (χ0n) is 9.28. The third kappa shape index (κ3) is 1.86. The Balaban J connectivity index is 2.01. The summed E-state index contributed by atoms with van der Waals surface area (Å²) in [6.45, 7) is 0. The highest BCUT2D eigenvalue weighted by Crippen LogP contribution is 2.48. The molecule has 0 N–H and O–H groups in total. The van der Waals surface area contributed by atoms with Gasteiger partial charge in [0.25, 0.3) is 0 Å². The molecule has 0 saturated heterocycles. The molecule has 1 heterocycles. The Morgan fingerprint density at radius 3 is 2.83 bits per heavy atom. The number of hydrogen-bond donors (Lipinski definition) is 0. The van der Waals surface area contributed by atoms with E-state index in [-0.39, 0.29) is 5.82 Å². The largest absolute Gasteiger partial charge is 0.239 e. The molecule has 1 aliphatic carbocycles. The Bertz CT molecular complexity index is 655. The van der Waals surface area contributed by atoms with E-state index in [0.717, 1.165) is 18.5 Å². The first-order chi connectivity index (χ1) is 8.64. The van der Waals surface area contributed by atoms with Crippen molar-refractivity contribution in [3.05, 3.63) is 39.6 Å². The number of rotatable bonds is 2. The molecular weight excluding hydrogens is 315 g/mol. The van der Waals surface area contributed by atoms with E-state index >= 15 is 0 Å². The van der Waals surface area contributed by atoms with Gasteiger partial charge in [0.05, 0.1) is 11.8 Å². The number of halogens is 2. The number of benzene rings is 1. The quantitative estimate of drug-likeness (QED) is 0.828. The van der Waals surface area contributed by atoms with Crippen LogP contribution in [-0.2, 0) is 5.41 Å². The van der Waals surface area contributed by atoms with Crippen LogP contribution in [0.1, 0.15) is 18.5 Å². The zero-order valence-corrected chi connectivity index (χ0v) is 11.7. The third-order valence-corrected chi connectivity index (χ3v) is 4.49. The lowest BCUT2D eigenvalue weighted by Crippen LogP contribution is -2.02. The van der Waals surface area contributed by atoms with E-state index in [9.17, 15) is 4.39 Å². The molecule has 1 aromatic carbocycles. The molecule has 0 atom stereocenters. The molecule has 0 bridgehead atoms. The monoisotopic (exact) mass is 322 g/mol. The van der Waals surface area contributed by atoms with Gasteiger partial charge in [0.1, 0.15) is 16.2 Å². The summed E-state index contributed by atoms with van der Waals surface area (Å²) in [4.78, 5) is 4.42. The normalized spacial score (nSPS) is 16.3. The second-order valence-corrected chi connectivity index (χ2v) is 6.13. The molecule has 18 heavy (non-hydrogen) atoms. The summed E-state index contributed by atoms with van der Waals surface area (Å²) in [6.07, 6.45) is 1.71. The predicted molar refractivity (Wildman–Crippen MR) is 71.7 cm³/mol. The number of nitrogens with zero attached hydrogens (tertiary/aromatic N) is 2. The summed E-state index contributed by atoms with van der Waals surface area (Å²) >= 11 is 4.61. The maximum atomic E-state index is 13.8. The first-order valence-electron chi connectivity index (χ1n) is 5.47. The van der Waals surface area contributed by atoms with Crippen molar-refractivity contribution in [1.82, 2.24) is 4.98 Å². The van der Waals surface area contributed by atoms with Crippen LogP contribution in [0.2, 0.25) is 0 Å². The summed E-state index contributed by atoms with van der Waals surface area (Å²) < 4.78 is 14.5. The van der Waals surface area contributed by atoms with Gasteiger partial charge in [-0.15, -0.1) is 11.3 Å². The molecule has 1 fully saturated rings. The summed E-state index contributed by atoms with van der Waals surface area (Å²) in [5.74, 6) is -0.299. The van der Waals surface area contributed by atoms with Gasteiger partial charge in [-0.25, -0.2) is 9.37 Å². The van der Waals surface area contributed by atoms with Crippen LogP contribution in [0.25, 0.3) is 10.6 Å². The van der Waals surface area contributed by atoms with Gasteiger partial charge in [-0.05, 0) is 31.0 Å². The number of hydrogen-bond acceptors (Lipinski definition) is 3.